The van der Waals surface area contributed by atoms with E-state index in [4.69, 9.17) is 4.74 Å². The van der Waals surface area contributed by atoms with Gasteiger partial charge in [-0.05, 0) is 24.7 Å². The van der Waals surface area contributed by atoms with Crippen molar-refractivity contribution in [3.8, 4) is 0 Å². The van der Waals surface area contributed by atoms with Gasteiger partial charge in [0.25, 0.3) is 0 Å². The van der Waals surface area contributed by atoms with Crippen LogP contribution >= 0.6 is 0 Å². The second kappa shape index (κ2) is 1.86. The number of carbonyl (C=O) groups is 1. The molecule has 0 radical (unpaired) electrons. The molecule has 1 heterocycles. The first-order chi connectivity index (χ1) is 5.36. The zero-order valence-electron chi connectivity index (χ0n) is 6.45. The molecular weight excluding hydrogens is 140 g/mol. The van der Waals surface area contributed by atoms with Crippen LogP contribution in [-0.4, -0.2) is 18.5 Å². The Hall–Kier alpha value is -0.370. The highest BCUT2D eigenvalue weighted by molar-refractivity contribution is 5.86. The van der Waals surface area contributed by atoms with E-state index in [2.05, 4.69) is 0 Å². The molecule has 0 aromatic rings. The first kappa shape index (κ1) is 6.18. The molecule has 0 bridgehead atoms. The summed E-state index contributed by atoms with van der Waals surface area (Å²) >= 11 is 0. The van der Waals surface area contributed by atoms with Gasteiger partial charge in [0, 0.05) is 12.3 Å². The Balaban J connectivity index is 1.99. The van der Waals surface area contributed by atoms with Crippen LogP contribution in [0.4, 0.5) is 0 Å². The summed E-state index contributed by atoms with van der Waals surface area (Å²) in [6, 6.07) is 0. The van der Waals surface area contributed by atoms with Crippen molar-refractivity contribution in [2.75, 3.05) is 6.61 Å². The van der Waals surface area contributed by atoms with Gasteiger partial charge in [-0.3, -0.25) is 4.79 Å². The molecule has 0 aromatic heterocycles. The lowest BCUT2D eigenvalue weighted by molar-refractivity contribution is -0.125. The van der Waals surface area contributed by atoms with Crippen molar-refractivity contribution in [3.63, 3.8) is 0 Å². The van der Waals surface area contributed by atoms with E-state index in [1.165, 1.54) is 12.8 Å². The third-order valence-electron chi connectivity index (χ3n) is 3.62. The average molecular weight is 152 g/mol. The Morgan fingerprint density at radius 2 is 2.09 bits per heavy atom. The summed E-state index contributed by atoms with van der Waals surface area (Å²) in [5, 5.41) is 0. The van der Waals surface area contributed by atoms with Crippen LogP contribution in [0.3, 0.4) is 0 Å². The largest absolute Gasteiger partial charge is 0.370 e. The third kappa shape index (κ3) is 0.639. The molecular formula is C9H12O2. The normalized spacial score (nSPS) is 53.6. The summed E-state index contributed by atoms with van der Waals surface area (Å²) in [5.74, 6) is 2.43. The molecule has 2 saturated carbocycles. The smallest absolute Gasteiger partial charge is 0.162 e. The Kier molecular flexibility index (Phi) is 1.05. The Labute approximate surface area is 65.9 Å². The van der Waals surface area contributed by atoms with Crippen LogP contribution in [0, 0.1) is 17.8 Å². The molecule has 1 aliphatic heterocycles. The van der Waals surface area contributed by atoms with Gasteiger partial charge in [-0.2, -0.15) is 0 Å². The maximum atomic E-state index is 11.3. The summed E-state index contributed by atoms with van der Waals surface area (Å²) in [7, 11) is 0. The van der Waals surface area contributed by atoms with Crippen molar-refractivity contribution in [1.82, 2.24) is 0 Å². The second-order valence-electron chi connectivity index (χ2n) is 4.10. The summed E-state index contributed by atoms with van der Waals surface area (Å²) in [6.07, 6.45) is 3.42. The topological polar surface area (TPSA) is 26.3 Å². The molecule has 2 nitrogen and oxygen atoms in total. The van der Waals surface area contributed by atoms with Crippen LogP contribution in [0.1, 0.15) is 19.3 Å². The van der Waals surface area contributed by atoms with Crippen LogP contribution in [0.5, 0.6) is 0 Å². The van der Waals surface area contributed by atoms with Crippen molar-refractivity contribution in [2.45, 2.75) is 25.4 Å². The predicted molar refractivity (Wildman–Crippen MR) is 39.1 cm³/mol. The van der Waals surface area contributed by atoms with Gasteiger partial charge >= 0.3 is 0 Å². The van der Waals surface area contributed by atoms with Gasteiger partial charge in [-0.25, -0.2) is 0 Å². The van der Waals surface area contributed by atoms with Crippen LogP contribution in [0.25, 0.3) is 0 Å². The number of Topliss-reactive ketones (excluding diaryl/α,β-unsaturated/α-hetero) is 1. The molecule has 0 spiro atoms. The summed E-state index contributed by atoms with van der Waals surface area (Å²) in [4.78, 5) is 11.3. The second-order valence-corrected chi connectivity index (χ2v) is 4.10. The van der Waals surface area contributed by atoms with Gasteiger partial charge in [0.1, 0.15) is 6.10 Å². The molecule has 1 saturated heterocycles. The number of ketones is 1. The van der Waals surface area contributed by atoms with E-state index >= 15 is 0 Å². The summed E-state index contributed by atoms with van der Waals surface area (Å²) in [6.45, 7) is 0.859. The van der Waals surface area contributed by atoms with E-state index in [0.717, 1.165) is 18.9 Å². The highest BCUT2D eigenvalue weighted by Gasteiger charge is 2.54. The molecule has 2 heteroatoms. The van der Waals surface area contributed by atoms with Gasteiger partial charge in [0.15, 0.2) is 5.78 Å². The number of rotatable bonds is 0. The van der Waals surface area contributed by atoms with Gasteiger partial charge in [0.05, 0.1) is 6.61 Å². The Morgan fingerprint density at radius 1 is 1.27 bits per heavy atom. The lowest BCUT2D eigenvalue weighted by atomic mass is 9.94. The molecule has 0 amide bonds. The quantitative estimate of drug-likeness (QED) is 0.517. The predicted octanol–water partition coefficient (Wildman–Crippen LogP) is 1.00. The third-order valence-corrected chi connectivity index (χ3v) is 3.62. The summed E-state index contributed by atoms with van der Waals surface area (Å²) < 4.78 is 5.47. The lowest BCUT2D eigenvalue weighted by Crippen LogP contribution is -2.19. The molecule has 4 atom stereocenters. The molecule has 3 fully saturated rings. The lowest BCUT2D eigenvalue weighted by Gasteiger charge is -2.08. The van der Waals surface area contributed by atoms with Gasteiger partial charge in [-0.15, -0.1) is 0 Å². The van der Waals surface area contributed by atoms with E-state index < -0.39 is 0 Å². The minimum absolute atomic E-state index is 0.0208. The molecule has 0 aromatic carbocycles. The number of hydrogen-bond donors (Lipinski definition) is 0. The maximum Gasteiger partial charge on any atom is 0.162 e. The highest BCUT2D eigenvalue weighted by atomic mass is 16.5. The van der Waals surface area contributed by atoms with Crippen molar-refractivity contribution >= 4 is 5.78 Å². The van der Waals surface area contributed by atoms with Crippen molar-refractivity contribution in [1.29, 1.82) is 0 Å². The minimum atomic E-state index is 0.0208. The van der Waals surface area contributed by atoms with Gasteiger partial charge in [0.2, 0.25) is 0 Å². The molecule has 3 aliphatic rings. The standard InChI is InChI=1S/C9H12O2/c10-7-3-5-1-2-6-4-11-9(7)8(5)6/h5-6,8-9H,1-4H2/t5-,6+,8+,9+/m1/s1. The zero-order chi connectivity index (χ0) is 7.42. The highest BCUT2D eigenvalue weighted by Crippen LogP contribution is 2.51. The van der Waals surface area contributed by atoms with Crippen molar-refractivity contribution in [3.05, 3.63) is 0 Å². The average Bonchev–Trinajstić information content (AvgIpc) is 2.53. The van der Waals surface area contributed by atoms with Crippen molar-refractivity contribution < 1.29 is 9.53 Å². The monoisotopic (exact) mass is 152 g/mol. The van der Waals surface area contributed by atoms with Crippen LogP contribution in [0.2, 0.25) is 0 Å². The van der Waals surface area contributed by atoms with E-state index in [-0.39, 0.29) is 6.10 Å². The van der Waals surface area contributed by atoms with Crippen LogP contribution < -0.4 is 0 Å². The maximum absolute atomic E-state index is 11.3. The fourth-order valence-electron chi connectivity index (χ4n) is 3.15. The van der Waals surface area contributed by atoms with E-state index in [1.54, 1.807) is 0 Å². The fourth-order valence-corrected chi connectivity index (χ4v) is 3.15. The number of ether oxygens (including phenoxy) is 1. The molecule has 11 heavy (non-hydrogen) atoms. The van der Waals surface area contributed by atoms with Gasteiger partial charge < -0.3 is 4.74 Å². The summed E-state index contributed by atoms with van der Waals surface area (Å²) in [5.41, 5.74) is 0. The molecule has 3 rings (SSSR count). The Morgan fingerprint density at radius 3 is 3.00 bits per heavy atom. The SMILES string of the molecule is O=C1C[C@H]2CC[C@H]3CO[C@@H]1[C@@H]23. The number of carbonyl (C=O) groups excluding carboxylic acids is 1. The molecule has 0 unspecified atom stereocenters. The van der Waals surface area contributed by atoms with E-state index in [1.807, 2.05) is 0 Å². The first-order valence-electron chi connectivity index (χ1n) is 4.50. The first-order valence-corrected chi connectivity index (χ1v) is 4.50. The van der Waals surface area contributed by atoms with E-state index in [9.17, 15) is 4.79 Å². The van der Waals surface area contributed by atoms with Gasteiger partial charge in [-0.1, -0.05) is 0 Å². The number of hydrogen-bond acceptors (Lipinski definition) is 2. The zero-order valence-corrected chi connectivity index (χ0v) is 6.45. The molecule has 2 aliphatic carbocycles. The Bertz CT molecular complexity index is 212. The van der Waals surface area contributed by atoms with Crippen LogP contribution in [-0.2, 0) is 9.53 Å². The van der Waals surface area contributed by atoms with E-state index in [0.29, 0.717) is 17.6 Å². The molecule has 0 N–H and O–H groups in total. The van der Waals surface area contributed by atoms with Crippen LogP contribution in [0.15, 0.2) is 0 Å². The van der Waals surface area contributed by atoms with Crippen molar-refractivity contribution in [2.24, 2.45) is 17.8 Å². The molecule has 60 valence electrons. The fraction of sp³-hybridized carbons (Fsp3) is 0.889. The minimum Gasteiger partial charge on any atom is -0.370 e.